The zero-order valence-corrected chi connectivity index (χ0v) is 25.2. The van der Waals surface area contributed by atoms with E-state index in [0.29, 0.717) is 0 Å². The fraction of sp³-hybridized carbons (Fsp3) is 0.0233. The van der Waals surface area contributed by atoms with Crippen LogP contribution in [0.1, 0.15) is 12.5 Å². The van der Waals surface area contributed by atoms with E-state index in [1.165, 1.54) is 60.4 Å². The van der Waals surface area contributed by atoms with Crippen molar-refractivity contribution in [2.45, 2.75) is 6.92 Å². The zero-order valence-electron chi connectivity index (χ0n) is 25.2. The Balaban J connectivity index is 1.36. The highest BCUT2D eigenvalue weighted by atomic mass is 15.0. The largest absolute Gasteiger partial charge is 0.309 e. The average Bonchev–Trinajstić information content (AvgIpc) is 3.62. The van der Waals surface area contributed by atoms with Gasteiger partial charge in [-0.05, 0) is 65.6 Å². The number of para-hydroxylation sites is 2. The SMILES string of the molecule is C=C(/C=C\C(=C/C)c1ccccc1)n1c2ccccc2c2ccc3c(c4ccccc4n3-c3ccc(-c4ccccc4)cc3)c21. The monoisotopic (exact) mass is 576 g/mol. The summed E-state index contributed by atoms with van der Waals surface area (Å²) in [7, 11) is 0. The summed E-state index contributed by atoms with van der Waals surface area (Å²) in [6.07, 6.45) is 6.48. The second kappa shape index (κ2) is 11.0. The minimum Gasteiger partial charge on any atom is -0.309 e. The van der Waals surface area contributed by atoms with Crippen molar-refractivity contribution in [3.63, 3.8) is 0 Å². The number of nitrogens with zero attached hydrogens (tertiary/aromatic N) is 2. The first-order chi connectivity index (χ1) is 22.2. The number of aromatic nitrogens is 2. The van der Waals surface area contributed by atoms with Gasteiger partial charge in [0, 0.05) is 32.9 Å². The minimum absolute atomic E-state index is 0.924. The van der Waals surface area contributed by atoms with E-state index >= 15 is 0 Å². The van der Waals surface area contributed by atoms with Gasteiger partial charge in [-0.1, -0.05) is 134 Å². The van der Waals surface area contributed by atoms with Crippen molar-refractivity contribution in [2.24, 2.45) is 0 Å². The fourth-order valence-electron chi connectivity index (χ4n) is 6.77. The van der Waals surface area contributed by atoms with Crippen molar-refractivity contribution in [3.05, 3.63) is 176 Å². The number of hydrogen-bond acceptors (Lipinski definition) is 0. The lowest BCUT2D eigenvalue weighted by Crippen LogP contribution is -1.95. The number of rotatable bonds is 6. The molecule has 0 fully saturated rings. The molecule has 2 nitrogen and oxygen atoms in total. The molecule has 0 N–H and O–H groups in total. The van der Waals surface area contributed by atoms with Gasteiger partial charge in [-0.25, -0.2) is 0 Å². The van der Waals surface area contributed by atoms with E-state index in [4.69, 9.17) is 0 Å². The van der Waals surface area contributed by atoms with Gasteiger partial charge in [0.1, 0.15) is 0 Å². The molecule has 0 atom stereocenters. The predicted octanol–water partition coefficient (Wildman–Crippen LogP) is 11.7. The summed E-state index contributed by atoms with van der Waals surface area (Å²) < 4.78 is 4.74. The molecule has 45 heavy (non-hydrogen) atoms. The Morgan fingerprint density at radius 3 is 1.89 bits per heavy atom. The molecular formula is C43H32N2. The molecule has 214 valence electrons. The van der Waals surface area contributed by atoms with Crippen LogP contribution in [0.3, 0.4) is 0 Å². The highest BCUT2D eigenvalue weighted by Crippen LogP contribution is 2.42. The molecule has 0 radical (unpaired) electrons. The van der Waals surface area contributed by atoms with Crippen LogP contribution in [0.4, 0.5) is 0 Å². The maximum Gasteiger partial charge on any atom is 0.0641 e. The summed E-state index contributed by atoms with van der Waals surface area (Å²) >= 11 is 0. The smallest absolute Gasteiger partial charge is 0.0641 e. The molecule has 0 amide bonds. The van der Waals surface area contributed by atoms with E-state index in [1.54, 1.807) is 0 Å². The Bertz CT molecular complexity index is 2420. The van der Waals surface area contributed by atoms with Gasteiger partial charge in [0.2, 0.25) is 0 Å². The molecule has 0 aliphatic carbocycles. The van der Waals surface area contributed by atoms with Crippen molar-refractivity contribution >= 4 is 54.9 Å². The van der Waals surface area contributed by atoms with Gasteiger partial charge in [0.05, 0.1) is 22.1 Å². The molecule has 0 saturated heterocycles. The molecule has 8 rings (SSSR count). The third kappa shape index (κ3) is 4.42. The van der Waals surface area contributed by atoms with Gasteiger partial charge in [-0.2, -0.15) is 0 Å². The minimum atomic E-state index is 0.924. The Hall–Kier alpha value is -5.86. The highest BCUT2D eigenvalue weighted by molar-refractivity contribution is 6.26. The van der Waals surface area contributed by atoms with Gasteiger partial charge < -0.3 is 9.13 Å². The third-order valence-electron chi connectivity index (χ3n) is 8.86. The molecule has 8 aromatic rings. The second-order valence-electron chi connectivity index (χ2n) is 11.4. The van der Waals surface area contributed by atoms with E-state index in [0.717, 1.165) is 16.9 Å². The Morgan fingerprint density at radius 2 is 1.16 bits per heavy atom. The van der Waals surface area contributed by atoms with Crippen LogP contribution in [0.2, 0.25) is 0 Å². The first kappa shape index (κ1) is 26.7. The van der Waals surface area contributed by atoms with Crippen LogP contribution in [0.5, 0.6) is 0 Å². The summed E-state index contributed by atoms with van der Waals surface area (Å²) in [5.41, 5.74) is 11.5. The topological polar surface area (TPSA) is 9.86 Å². The number of fused-ring (bicyclic) bond motifs is 7. The summed E-state index contributed by atoms with van der Waals surface area (Å²) in [5, 5.41) is 4.91. The van der Waals surface area contributed by atoms with E-state index in [-0.39, 0.29) is 0 Å². The Kier molecular flexibility index (Phi) is 6.54. The molecule has 6 aromatic carbocycles. The lowest BCUT2D eigenvalue weighted by Gasteiger charge is -2.11. The van der Waals surface area contributed by atoms with Crippen molar-refractivity contribution < 1.29 is 0 Å². The predicted molar refractivity (Wildman–Crippen MR) is 194 cm³/mol. The van der Waals surface area contributed by atoms with Crippen molar-refractivity contribution in [3.8, 4) is 16.8 Å². The summed E-state index contributed by atoms with van der Waals surface area (Å²) in [6.45, 7) is 6.71. The van der Waals surface area contributed by atoms with Crippen LogP contribution in [-0.4, -0.2) is 9.13 Å². The van der Waals surface area contributed by atoms with Crippen LogP contribution in [-0.2, 0) is 0 Å². The molecular weight excluding hydrogens is 544 g/mol. The summed E-state index contributed by atoms with van der Waals surface area (Å²) in [6, 6.07) is 51.9. The molecule has 2 heteroatoms. The second-order valence-corrected chi connectivity index (χ2v) is 11.4. The van der Waals surface area contributed by atoms with Crippen LogP contribution in [0, 0.1) is 0 Å². The fourth-order valence-corrected chi connectivity index (χ4v) is 6.77. The third-order valence-corrected chi connectivity index (χ3v) is 8.86. The summed E-state index contributed by atoms with van der Waals surface area (Å²) in [4.78, 5) is 0. The van der Waals surface area contributed by atoms with E-state index in [2.05, 4.69) is 186 Å². The molecule has 2 aromatic heterocycles. The maximum atomic E-state index is 4.63. The molecule has 0 spiro atoms. The van der Waals surface area contributed by atoms with Crippen molar-refractivity contribution in [1.82, 2.24) is 9.13 Å². The number of allylic oxidation sites excluding steroid dienone is 5. The molecule has 0 unspecified atom stereocenters. The molecule has 0 saturated carbocycles. The van der Waals surface area contributed by atoms with E-state index in [9.17, 15) is 0 Å². The molecule has 2 heterocycles. The van der Waals surface area contributed by atoms with Gasteiger partial charge in [-0.15, -0.1) is 0 Å². The van der Waals surface area contributed by atoms with Crippen LogP contribution in [0.15, 0.2) is 170 Å². The Morgan fingerprint density at radius 1 is 0.533 bits per heavy atom. The lowest BCUT2D eigenvalue weighted by atomic mass is 10.1. The maximum absolute atomic E-state index is 4.63. The van der Waals surface area contributed by atoms with Gasteiger partial charge in [-0.3, -0.25) is 0 Å². The molecule has 0 bridgehead atoms. The highest BCUT2D eigenvalue weighted by Gasteiger charge is 2.20. The quantitative estimate of drug-likeness (QED) is 0.174. The molecule has 0 aliphatic heterocycles. The first-order valence-corrected chi connectivity index (χ1v) is 15.4. The van der Waals surface area contributed by atoms with Crippen LogP contribution >= 0.6 is 0 Å². The summed E-state index contributed by atoms with van der Waals surface area (Å²) in [5.74, 6) is 0. The van der Waals surface area contributed by atoms with Crippen LogP contribution in [0.25, 0.3) is 71.7 Å². The van der Waals surface area contributed by atoms with Gasteiger partial charge in [0.15, 0.2) is 0 Å². The van der Waals surface area contributed by atoms with Gasteiger partial charge >= 0.3 is 0 Å². The normalized spacial score (nSPS) is 12.2. The zero-order chi connectivity index (χ0) is 30.3. The average molecular weight is 577 g/mol. The number of benzene rings is 6. The first-order valence-electron chi connectivity index (χ1n) is 15.4. The van der Waals surface area contributed by atoms with Gasteiger partial charge in [0.25, 0.3) is 0 Å². The van der Waals surface area contributed by atoms with Crippen LogP contribution < -0.4 is 0 Å². The van der Waals surface area contributed by atoms with Crippen molar-refractivity contribution in [2.75, 3.05) is 0 Å². The number of hydrogen-bond donors (Lipinski definition) is 0. The van der Waals surface area contributed by atoms with Crippen molar-refractivity contribution in [1.29, 1.82) is 0 Å². The standard InChI is InChI=1S/C43H32N2/c1-3-31(32-14-6-4-7-15-32)23-22-30(2)44-39-20-12-10-18-36(39)37-28-29-41-42(43(37)44)38-19-11-13-21-40(38)45(41)35-26-24-34(25-27-35)33-16-8-5-9-17-33/h3-29H,2H2,1H3/b23-22-,31-3+. The van der Waals surface area contributed by atoms with E-state index in [1.807, 2.05) is 0 Å². The lowest BCUT2D eigenvalue weighted by molar-refractivity contribution is 1.18. The molecule has 0 aliphatic rings. The Labute approximate surface area is 263 Å². The van der Waals surface area contributed by atoms with E-state index < -0.39 is 0 Å².